The number of aldehydes is 1. The molecule has 0 saturated heterocycles. The number of anilines is 1. The van der Waals surface area contributed by atoms with E-state index in [-0.39, 0.29) is 12.3 Å². The Balaban J connectivity index is 1.83. The standard InChI is InChI=1S/C22H23N3O3S/c1-3-4-13-25(20(27)14-18-7-5-6-8-19(18)28-2)22-24-23-21(29-22)17-11-9-16(15-26)10-12-17/h5-12,15H,3-4,13-14H2,1-2H3. The molecular formula is C22H23N3O3S. The molecule has 0 saturated carbocycles. The molecule has 0 N–H and O–H groups in total. The number of carbonyl (C=O) groups excluding carboxylic acids is 2. The lowest BCUT2D eigenvalue weighted by Gasteiger charge is -2.19. The zero-order chi connectivity index (χ0) is 20.6. The summed E-state index contributed by atoms with van der Waals surface area (Å²) < 4.78 is 5.37. The van der Waals surface area contributed by atoms with Crippen molar-refractivity contribution in [2.45, 2.75) is 26.2 Å². The fourth-order valence-corrected chi connectivity index (χ4v) is 3.79. The second-order valence-electron chi connectivity index (χ2n) is 6.52. The van der Waals surface area contributed by atoms with Gasteiger partial charge in [0.25, 0.3) is 0 Å². The summed E-state index contributed by atoms with van der Waals surface area (Å²) in [6.07, 6.45) is 2.88. The molecule has 0 atom stereocenters. The quantitative estimate of drug-likeness (QED) is 0.490. The van der Waals surface area contributed by atoms with E-state index in [0.717, 1.165) is 30.3 Å². The highest BCUT2D eigenvalue weighted by Gasteiger charge is 2.21. The van der Waals surface area contributed by atoms with Gasteiger partial charge in [-0.05, 0) is 12.5 Å². The molecule has 0 bridgehead atoms. The van der Waals surface area contributed by atoms with Crippen molar-refractivity contribution in [3.05, 3.63) is 59.7 Å². The Bertz CT molecular complexity index is 969. The normalized spacial score (nSPS) is 10.6. The molecule has 0 aliphatic heterocycles. The first-order valence-electron chi connectivity index (χ1n) is 9.47. The third-order valence-corrected chi connectivity index (χ3v) is 5.50. The minimum atomic E-state index is -0.0399. The Labute approximate surface area is 174 Å². The van der Waals surface area contributed by atoms with Crippen LogP contribution in [0.25, 0.3) is 10.6 Å². The highest BCUT2D eigenvalue weighted by molar-refractivity contribution is 7.18. The van der Waals surface area contributed by atoms with Crippen molar-refractivity contribution >= 4 is 28.7 Å². The molecule has 0 aliphatic carbocycles. The molecule has 3 aromatic rings. The minimum absolute atomic E-state index is 0.0399. The predicted octanol–water partition coefficient (Wildman–Crippen LogP) is 4.40. The predicted molar refractivity (Wildman–Crippen MR) is 115 cm³/mol. The Morgan fingerprint density at radius 2 is 1.90 bits per heavy atom. The van der Waals surface area contributed by atoms with Crippen LogP contribution in [0.1, 0.15) is 35.7 Å². The molecule has 1 aromatic heterocycles. The summed E-state index contributed by atoms with van der Waals surface area (Å²) in [6, 6.07) is 14.7. The van der Waals surface area contributed by atoms with E-state index in [4.69, 9.17) is 4.74 Å². The molecule has 150 valence electrons. The molecule has 1 heterocycles. The number of rotatable bonds is 9. The van der Waals surface area contributed by atoms with Crippen LogP contribution in [0.15, 0.2) is 48.5 Å². The topological polar surface area (TPSA) is 72.4 Å². The first-order chi connectivity index (χ1) is 14.2. The van der Waals surface area contributed by atoms with Gasteiger partial charge in [-0.25, -0.2) is 0 Å². The van der Waals surface area contributed by atoms with Gasteiger partial charge in [0.05, 0.1) is 13.5 Å². The van der Waals surface area contributed by atoms with E-state index < -0.39 is 0 Å². The van der Waals surface area contributed by atoms with Crippen LogP contribution in [0.3, 0.4) is 0 Å². The molecule has 0 unspecified atom stereocenters. The maximum atomic E-state index is 13.1. The van der Waals surface area contributed by atoms with Gasteiger partial charge in [0.2, 0.25) is 11.0 Å². The number of carbonyl (C=O) groups is 2. The largest absolute Gasteiger partial charge is 0.496 e. The smallest absolute Gasteiger partial charge is 0.233 e. The summed E-state index contributed by atoms with van der Waals surface area (Å²) in [5, 5.41) is 9.81. The lowest BCUT2D eigenvalue weighted by atomic mass is 10.1. The van der Waals surface area contributed by atoms with Crippen LogP contribution in [-0.2, 0) is 11.2 Å². The fourth-order valence-electron chi connectivity index (χ4n) is 2.90. The number of hydrogen-bond donors (Lipinski definition) is 0. The second kappa shape index (κ2) is 9.93. The summed E-state index contributed by atoms with van der Waals surface area (Å²) in [7, 11) is 1.60. The maximum Gasteiger partial charge on any atom is 0.233 e. The molecule has 6 nitrogen and oxygen atoms in total. The fraction of sp³-hybridized carbons (Fsp3) is 0.273. The van der Waals surface area contributed by atoms with Gasteiger partial charge in [0, 0.05) is 23.2 Å². The van der Waals surface area contributed by atoms with E-state index in [1.54, 1.807) is 24.1 Å². The highest BCUT2D eigenvalue weighted by atomic mass is 32.1. The zero-order valence-electron chi connectivity index (χ0n) is 16.5. The number of aromatic nitrogens is 2. The van der Waals surface area contributed by atoms with Crippen molar-refractivity contribution in [2.75, 3.05) is 18.6 Å². The Morgan fingerprint density at radius 3 is 2.59 bits per heavy atom. The highest BCUT2D eigenvalue weighted by Crippen LogP contribution is 2.30. The first-order valence-corrected chi connectivity index (χ1v) is 10.3. The second-order valence-corrected chi connectivity index (χ2v) is 7.47. The summed E-state index contributed by atoms with van der Waals surface area (Å²) in [4.78, 5) is 25.6. The SMILES string of the molecule is CCCCN(C(=O)Cc1ccccc1OC)c1nnc(-c2ccc(C=O)cc2)s1. The molecule has 0 radical (unpaired) electrons. The maximum absolute atomic E-state index is 13.1. The Morgan fingerprint density at radius 1 is 1.14 bits per heavy atom. The van der Waals surface area contributed by atoms with E-state index in [2.05, 4.69) is 17.1 Å². The molecule has 29 heavy (non-hydrogen) atoms. The minimum Gasteiger partial charge on any atom is -0.496 e. The van der Waals surface area contributed by atoms with Crippen LogP contribution in [0.2, 0.25) is 0 Å². The van der Waals surface area contributed by atoms with Crippen molar-refractivity contribution in [3.63, 3.8) is 0 Å². The number of para-hydroxylation sites is 1. The molecule has 3 rings (SSSR count). The van der Waals surface area contributed by atoms with Crippen molar-refractivity contribution < 1.29 is 14.3 Å². The third kappa shape index (κ3) is 5.06. The number of amides is 1. The van der Waals surface area contributed by atoms with Gasteiger partial charge in [0.1, 0.15) is 17.0 Å². The van der Waals surface area contributed by atoms with Crippen molar-refractivity contribution in [3.8, 4) is 16.3 Å². The van der Waals surface area contributed by atoms with Gasteiger partial charge < -0.3 is 4.74 Å². The number of unbranched alkanes of at least 4 members (excludes halogenated alkanes) is 1. The van der Waals surface area contributed by atoms with Crippen LogP contribution in [-0.4, -0.2) is 36.0 Å². The van der Waals surface area contributed by atoms with Crippen molar-refractivity contribution in [2.24, 2.45) is 0 Å². The van der Waals surface area contributed by atoms with E-state index >= 15 is 0 Å². The molecule has 2 aromatic carbocycles. The van der Waals surface area contributed by atoms with Gasteiger partial charge in [-0.15, -0.1) is 10.2 Å². The summed E-state index contributed by atoms with van der Waals surface area (Å²) in [5.74, 6) is 0.659. The number of nitrogens with zero attached hydrogens (tertiary/aromatic N) is 3. The lowest BCUT2D eigenvalue weighted by molar-refractivity contribution is -0.118. The van der Waals surface area contributed by atoms with Crippen LogP contribution < -0.4 is 9.64 Å². The first kappa shape index (κ1) is 20.7. The molecule has 0 aliphatic rings. The van der Waals surface area contributed by atoms with E-state index in [1.165, 1.54) is 11.3 Å². The molecule has 7 heteroatoms. The van der Waals surface area contributed by atoms with Gasteiger partial charge in [-0.2, -0.15) is 0 Å². The summed E-state index contributed by atoms with van der Waals surface area (Å²) in [6.45, 7) is 2.67. The van der Waals surface area contributed by atoms with Crippen LogP contribution >= 0.6 is 11.3 Å². The number of benzene rings is 2. The summed E-state index contributed by atoms with van der Waals surface area (Å²) >= 11 is 1.37. The van der Waals surface area contributed by atoms with Crippen LogP contribution in [0.5, 0.6) is 5.75 Å². The van der Waals surface area contributed by atoms with Gasteiger partial charge in [-0.1, -0.05) is 67.1 Å². The zero-order valence-corrected chi connectivity index (χ0v) is 17.3. The molecule has 0 spiro atoms. The van der Waals surface area contributed by atoms with Crippen molar-refractivity contribution in [1.29, 1.82) is 0 Å². The number of ether oxygens (including phenoxy) is 1. The third-order valence-electron chi connectivity index (χ3n) is 4.51. The monoisotopic (exact) mass is 409 g/mol. The van der Waals surface area contributed by atoms with Crippen molar-refractivity contribution in [1.82, 2.24) is 10.2 Å². The Hall–Kier alpha value is -3.06. The molecule has 0 fully saturated rings. The average Bonchev–Trinajstić information content (AvgIpc) is 3.24. The van der Waals surface area contributed by atoms with Gasteiger partial charge in [-0.3, -0.25) is 14.5 Å². The lowest BCUT2D eigenvalue weighted by Crippen LogP contribution is -2.33. The number of hydrogen-bond acceptors (Lipinski definition) is 6. The molecular weight excluding hydrogens is 386 g/mol. The molecule has 1 amide bonds. The van der Waals surface area contributed by atoms with E-state index in [9.17, 15) is 9.59 Å². The number of methoxy groups -OCH3 is 1. The van der Waals surface area contributed by atoms with Crippen LogP contribution in [0.4, 0.5) is 5.13 Å². The van der Waals surface area contributed by atoms with E-state index in [0.29, 0.717) is 28.0 Å². The average molecular weight is 410 g/mol. The summed E-state index contributed by atoms with van der Waals surface area (Å²) in [5.41, 5.74) is 2.32. The van der Waals surface area contributed by atoms with Gasteiger partial charge >= 0.3 is 0 Å². The van der Waals surface area contributed by atoms with E-state index in [1.807, 2.05) is 36.4 Å². The Kier molecular flexibility index (Phi) is 7.08. The van der Waals surface area contributed by atoms with Gasteiger partial charge in [0.15, 0.2) is 0 Å². The van der Waals surface area contributed by atoms with Crippen LogP contribution in [0, 0.1) is 0 Å².